The second kappa shape index (κ2) is 6.49. The van der Waals surface area contributed by atoms with Crippen LogP contribution in [0.15, 0.2) is 12.3 Å². The predicted octanol–water partition coefficient (Wildman–Crippen LogP) is 0.856. The Balaban J connectivity index is 2.15. The Morgan fingerprint density at radius 3 is 2.71 bits per heavy atom. The number of amides is 1. The van der Waals surface area contributed by atoms with E-state index in [1.54, 1.807) is 7.05 Å². The van der Waals surface area contributed by atoms with Gasteiger partial charge in [-0.25, -0.2) is 4.98 Å². The van der Waals surface area contributed by atoms with E-state index in [0.29, 0.717) is 5.82 Å². The molecule has 1 aliphatic rings. The number of likely N-dealkylation sites (tertiary alicyclic amines) is 1. The lowest BCUT2D eigenvalue weighted by molar-refractivity contribution is -0.385. The molecule has 2 heterocycles. The summed E-state index contributed by atoms with van der Waals surface area (Å²) >= 11 is 0. The summed E-state index contributed by atoms with van der Waals surface area (Å²) in [5.41, 5.74) is -0.238. The minimum atomic E-state index is -0.587. The van der Waals surface area contributed by atoms with Crippen LogP contribution in [0.4, 0.5) is 11.5 Å². The lowest BCUT2D eigenvalue weighted by atomic mass is 10.0. The molecule has 114 valence electrons. The first-order valence-corrected chi connectivity index (χ1v) is 6.83. The minimum Gasteiger partial charge on any atom is -0.373 e. The number of carbonyl (C=O) groups excluding carboxylic acids is 1. The molecule has 0 atom stereocenters. The molecule has 1 aliphatic heterocycles. The third kappa shape index (κ3) is 3.66. The maximum Gasteiger partial charge on any atom is 0.300 e. The molecule has 0 unspecified atom stereocenters. The second-order valence-electron chi connectivity index (χ2n) is 5.14. The largest absolute Gasteiger partial charge is 0.373 e. The van der Waals surface area contributed by atoms with E-state index < -0.39 is 10.8 Å². The van der Waals surface area contributed by atoms with Gasteiger partial charge in [-0.2, -0.15) is 0 Å². The number of nitrogens with one attached hydrogen (secondary N) is 2. The standard InChI is InChI=1S/C13H19N5O3/c1-14-12-7-10(11(8-15-12)18(20)21)13(19)16-9-3-5-17(2)6-4-9/h7-9H,3-6H2,1-2H3,(H,14,15)(H,16,19). The van der Waals surface area contributed by atoms with Gasteiger partial charge >= 0.3 is 0 Å². The summed E-state index contributed by atoms with van der Waals surface area (Å²) in [6, 6.07) is 1.46. The second-order valence-corrected chi connectivity index (χ2v) is 5.14. The summed E-state index contributed by atoms with van der Waals surface area (Å²) in [4.78, 5) is 28.8. The summed E-state index contributed by atoms with van der Waals surface area (Å²) < 4.78 is 0. The van der Waals surface area contributed by atoms with Gasteiger partial charge in [0.05, 0.1) is 4.92 Å². The molecule has 1 amide bonds. The van der Waals surface area contributed by atoms with Gasteiger partial charge in [-0.1, -0.05) is 0 Å². The van der Waals surface area contributed by atoms with Crippen LogP contribution < -0.4 is 10.6 Å². The van der Waals surface area contributed by atoms with Gasteiger partial charge in [-0.15, -0.1) is 0 Å². The highest BCUT2D eigenvalue weighted by Crippen LogP contribution is 2.20. The quantitative estimate of drug-likeness (QED) is 0.630. The molecule has 2 rings (SSSR count). The van der Waals surface area contributed by atoms with E-state index >= 15 is 0 Å². The number of piperidine rings is 1. The SMILES string of the molecule is CNc1cc(C(=O)NC2CCN(C)CC2)c([N+](=O)[O-])cn1. The van der Waals surface area contributed by atoms with Gasteiger partial charge in [0.15, 0.2) is 0 Å². The number of hydrogen-bond donors (Lipinski definition) is 2. The van der Waals surface area contributed by atoms with Gasteiger partial charge < -0.3 is 15.5 Å². The van der Waals surface area contributed by atoms with Crippen LogP contribution in [0.2, 0.25) is 0 Å². The molecule has 0 aromatic carbocycles. The van der Waals surface area contributed by atoms with E-state index in [1.807, 2.05) is 7.05 Å². The van der Waals surface area contributed by atoms with Crippen molar-refractivity contribution in [2.75, 3.05) is 32.5 Å². The van der Waals surface area contributed by atoms with E-state index in [4.69, 9.17) is 0 Å². The van der Waals surface area contributed by atoms with Crippen LogP contribution in [0, 0.1) is 10.1 Å². The Labute approximate surface area is 122 Å². The molecule has 1 fully saturated rings. The third-order valence-electron chi connectivity index (χ3n) is 3.63. The zero-order chi connectivity index (χ0) is 15.4. The number of nitrogens with zero attached hydrogens (tertiary/aromatic N) is 3. The summed E-state index contributed by atoms with van der Waals surface area (Å²) in [6.45, 7) is 1.82. The number of carbonyl (C=O) groups is 1. The molecule has 0 radical (unpaired) electrons. The summed E-state index contributed by atoms with van der Waals surface area (Å²) in [5, 5.41) is 16.7. The summed E-state index contributed by atoms with van der Waals surface area (Å²) in [7, 11) is 3.68. The molecule has 1 aromatic rings. The van der Waals surface area contributed by atoms with E-state index in [2.05, 4.69) is 20.5 Å². The van der Waals surface area contributed by atoms with Crippen molar-refractivity contribution in [1.29, 1.82) is 0 Å². The maximum absolute atomic E-state index is 12.3. The molecule has 8 heteroatoms. The van der Waals surface area contributed by atoms with Crippen LogP contribution in [0.1, 0.15) is 23.2 Å². The normalized spacial score (nSPS) is 16.5. The topological polar surface area (TPSA) is 100 Å². The van der Waals surface area contributed by atoms with Crippen LogP contribution in [-0.4, -0.2) is 53.9 Å². The Morgan fingerprint density at radius 1 is 1.48 bits per heavy atom. The van der Waals surface area contributed by atoms with Crippen LogP contribution in [0.25, 0.3) is 0 Å². The van der Waals surface area contributed by atoms with Crippen molar-refractivity contribution >= 4 is 17.4 Å². The van der Waals surface area contributed by atoms with Gasteiger partial charge in [0.2, 0.25) is 0 Å². The number of pyridine rings is 1. The average Bonchev–Trinajstić information content (AvgIpc) is 2.48. The first kappa shape index (κ1) is 15.2. The number of hydrogen-bond acceptors (Lipinski definition) is 6. The fraction of sp³-hybridized carbons (Fsp3) is 0.538. The van der Waals surface area contributed by atoms with Crippen LogP contribution in [0.5, 0.6) is 0 Å². The number of anilines is 1. The molecule has 2 N–H and O–H groups in total. The molecule has 1 saturated heterocycles. The predicted molar refractivity (Wildman–Crippen MR) is 78.4 cm³/mol. The Kier molecular flexibility index (Phi) is 4.69. The lowest BCUT2D eigenvalue weighted by Gasteiger charge is -2.29. The number of aromatic nitrogens is 1. The molecule has 21 heavy (non-hydrogen) atoms. The molecule has 0 spiro atoms. The van der Waals surface area contributed by atoms with Gasteiger partial charge in [0.1, 0.15) is 17.6 Å². The van der Waals surface area contributed by atoms with Gasteiger partial charge in [0.25, 0.3) is 11.6 Å². The fourth-order valence-electron chi connectivity index (χ4n) is 2.33. The van der Waals surface area contributed by atoms with Crippen LogP contribution in [-0.2, 0) is 0 Å². The van der Waals surface area contributed by atoms with E-state index in [-0.39, 0.29) is 17.3 Å². The molecular formula is C13H19N5O3. The van der Waals surface area contributed by atoms with Crippen molar-refractivity contribution in [1.82, 2.24) is 15.2 Å². The molecule has 8 nitrogen and oxygen atoms in total. The molecule has 0 bridgehead atoms. The first-order chi connectivity index (χ1) is 10.0. The zero-order valence-electron chi connectivity index (χ0n) is 12.1. The monoisotopic (exact) mass is 293 g/mol. The summed E-state index contributed by atoms with van der Waals surface area (Å²) in [5.74, 6) is 0.00396. The van der Waals surface area contributed by atoms with E-state index in [9.17, 15) is 14.9 Å². The highest BCUT2D eigenvalue weighted by molar-refractivity contribution is 5.98. The fourth-order valence-corrected chi connectivity index (χ4v) is 2.33. The lowest BCUT2D eigenvalue weighted by Crippen LogP contribution is -2.43. The highest BCUT2D eigenvalue weighted by atomic mass is 16.6. The van der Waals surface area contributed by atoms with Gasteiger partial charge in [0, 0.05) is 19.2 Å². The van der Waals surface area contributed by atoms with Crippen molar-refractivity contribution in [2.45, 2.75) is 18.9 Å². The summed E-state index contributed by atoms with van der Waals surface area (Å²) in [6.07, 6.45) is 2.80. The van der Waals surface area contributed by atoms with Crippen LogP contribution >= 0.6 is 0 Å². The molecule has 0 aliphatic carbocycles. The Bertz CT molecular complexity index is 541. The Morgan fingerprint density at radius 2 is 2.14 bits per heavy atom. The van der Waals surface area contributed by atoms with Crippen LogP contribution in [0.3, 0.4) is 0 Å². The molecule has 1 aromatic heterocycles. The first-order valence-electron chi connectivity index (χ1n) is 6.83. The smallest absolute Gasteiger partial charge is 0.300 e. The maximum atomic E-state index is 12.3. The van der Waals surface area contributed by atoms with E-state index in [1.165, 1.54) is 6.07 Å². The number of nitro groups is 1. The average molecular weight is 293 g/mol. The van der Waals surface area contributed by atoms with Gasteiger partial charge in [-0.3, -0.25) is 14.9 Å². The number of rotatable bonds is 4. The van der Waals surface area contributed by atoms with Gasteiger partial charge in [-0.05, 0) is 33.0 Å². The Hall–Kier alpha value is -2.22. The molecule has 0 saturated carbocycles. The third-order valence-corrected chi connectivity index (χ3v) is 3.63. The highest BCUT2D eigenvalue weighted by Gasteiger charge is 2.25. The zero-order valence-corrected chi connectivity index (χ0v) is 12.1. The van der Waals surface area contributed by atoms with E-state index in [0.717, 1.165) is 32.1 Å². The van der Waals surface area contributed by atoms with Crippen molar-refractivity contribution in [2.24, 2.45) is 0 Å². The minimum absolute atomic E-state index is 0.0401. The van der Waals surface area contributed by atoms with Crippen molar-refractivity contribution in [3.8, 4) is 0 Å². The van der Waals surface area contributed by atoms with Crippen molar-refractivity contribution in [3.63, 3.8) is 0 Å². The van der Waals surface area contributed by atoms with Crippen molar-refractivity contribution in [3.05, 3.63) is 27.9 Å². The van der Waals surface area contributed by atoms with Crippen molar-refractivity contribution < 1.29 is 9.72 Å². The molecular weight excluding hydrogens is 274 g/mol.